The fourth-order valence-corrected chi connectivity index (χ4v) is 7.18. The minimum atomic E-state index is -3.71. The molecule has 0 radical (unpaired) electrons. The van der Waals surface area contributed by atoms with Crippen molar-refractivity contribution in [2.24, 2.45) is 5.92 Å². The number of benzene rings is 1. The third-order valence-corrected chi connectivity index (χ3v) is 9.20. The zero-order valence-electron chi connectivity index (χ0n) is 17.7. The number of hydrogen-bond acceptors (Lipinski definition) is 4. The number of carbonyl (C=O) groups excluding carboxylic acids is 1. The summed E-state index contributed by atoms with van der Waals surface area (Å²) in [5.74, 6) is 0.217. The molecule has 1 aromatic rings. The van der Waals surface area contributed by atoms with E-state index in [-0.39, 0.29) is 15.8 Å². The first-order valence-corrected chi connectivity index (χ1v) is 13.0. The van der Waals surface area contributed by atoms with Crippen LogP contribution < -0.4 is 0 Å². The SMILES string of the molecule is CC1CCCN(S(=O)(=O)c2cc(C(=O)N3CCN(C4CCCC4)CC3)ccc2Cl)C1. The highest BCUT2D eigenvalue weighted by Gasteiger charge is 2.32. The Balaban J connectivity index is 1.48. The molecule has 1 aromatic carbocycles. The molecule has 1 atom stereocenters. The Morgan fingerprint density at radius 1 is 1.00 bits per heavy atom. The molecule has 6 nitrogen and oxygen atoms in total. The summed E-state index contributed by atoms with van der Waals surface area (Å²) in [6, 6.07) is 5.33. The van der Waals surface area contributed by atoms with E-state index in [1.54, 1.807) is 12.1 Å². The summed E-state index contributed by atoms with van der Waals surface area (Å²) in [4.78, 5) is 17.5. The monoisotopic (exact) mass is 453 g/mol. The van der Waals surface area contributed by atoms with Crippen molar-refractivity contribution in [3.63, 3.8) is 0 Å². The van der Waals surface area contributed by atoms with Crippen LogP contribution >= 0.6 is 11.6 Å². The van der Waals surface area contributed by atoms with Gasteiger partial charge < -0.3 is 4.90 Å². The van der Waals surface area contributed by atoms with Crippen molar-refractivity contribution in [1.29, 1.82) is 0 Å². The first-order chi connectivity index (χ1) is 14.4. The minimum Gasteiger partial charge on any atom is -0.336 e. The summed E-state index contributed by atoms with van der Waals surface area (Å²) >= 11 is 6.28. The molecule has 8 heteroatoms. The molecule has 2 saturated heterocycles. The van der Waals surface area contributed by atoms with Crippen LogP contribution in [0.4, 0.5) is 0 Å². The Morgan fingerprint density at radius 3 is 2.37 bits per heavy atom. The van der Waals surface area contributed by atoms with E-state index in [1.165, 1.54) is 36.1 Å². The van der Waals surface area contributed by atoms with E-state index in [0.29, 0.717) is 43.7 Å². The first-order valence-electron chi connectivity index (χ1n) is 11.2. The Kier molecular flexibility index (Phi) is 6.73. The maximum atomic E-state index is 13.2. The van der Waals surface area contributed by atoms with E-state index >= 15 is 0 Å². The molecule has 0 bridgehead atoms. The molecule has 0 N–H and O–H groups in total. The summed E-state index contributed by atoms with van der Waals surface area (Å²) in [6.45, 7) is 6.22. The number of amides is 1. The number of carbonyl (C=O) groups is 1. The molecular formula is C22H32ClN3O3S. The molecule has 166 valence electrons. The van der Waals surface area contributed by atoms with Crippen molar-refractivity contribution in [1.82, 2.24) is 14.1 Å². The molecule has 4 rings (SSSR count). The average molecular weight is 454 g/mol. The van der Waals surface area contributed by atoms with Crippen LogP contribution in [0.5, 0.6) is 0 Å². The van der Waals surface area contributed by atoms with E-state index < -0.39 is 10.0 Å². The van der Waals surface area contributed by atoms with Crippen LogP contribution in [0.15, 0.2) is 23.1 Å². The second kappa shape index (κ2) is 9.15. The highest BCUT2D eigenvalue weighted by atomic mass is 35.5. The quantitative estimate of drug-likeness (QED) is 0.700. The van der Waals surface area contributed by atoms with Gasteiger partial charge in [-0.3, -0.25) is 9.69 Å². The molecule has 3 fully saturated rings. The summed E-state index contributed by atoms with van der Waals surface area (Å²) < 4.78 is 27.9. The molecule has 30 heavy (non-hydrogen) atoms. The van der Waals surface area contributed by atoms with Crippen LogP contribution in [0, 0.1) is 5.92 Å². The van der Waals surface area contributed by atoms with Gasteiger partial charge in [0.25, 0.3) is 5.91 Å². The predicted molar refractivity (Wildman–Crippen MR) is 118 cm³/mol. The highest BCUT2D eigenvalue weighted by molar-refractivity contribution is 7.89. The van der Waals surface area contributed by atoms with E-state index in [1.807, 2.05) is 4.90 Å². The molecule has 1 saturated carbocycles. The normalized spacial score (nSPS) is 25.0. The average Bonchev–Trinajstić information content (AvgIpc) is 3.28. The Hall–Kier alpha value is -1.15. The van der Waals surface area contributed by atoms with Crippen molar-refractivity contribution >= 4 is 27.5 Å². The lowest BCUT2D eigenvalue weighted by atomic mass is 10.0. The van der Waals surface area contributed by atoms with Crippen LogP contribution in [0.2, 0.25) is 5.02 Å². The molecule has 0 spiro atoms. The van der Waals surface area contributed by atoms with Gasteiger partial charge in [0.15, 0.2) is 0 Å². The van der Waals surface area contributed by atoms with Crippen LogP contribution in [-0.2, 0) is 10.0 Å². The van der Waals surface area contributed by atoms with Crippen LogP contribution in [0.25, 0.3) is 0 Å². The molecule has 1 unspecified atom stereocenters. The highest BCUT2D eigenvalue weighted by Crippen LogP contribution is 2.30. The predicted octanol–water partition coefficient (Wildman–Crippen LogP) is 3.46. The van der Waals surface area contributed by atoms with Gasteiger partial charge in [-0.25, -0.2) is 8.42 Å². The topological polar surface area (TPSA) is 60.9 Å². The van der Waals surface area contributed by atoms with Crippen molar-refractivity contribution in [3.05, 3.63) is 28.8 Å². The minimum absolute atomic E-state index is 0.0497. The van der Waals surface area contributed by atoms with Gasteiger partial charge in [0.1, 0.15) is 4.90 Å². The van der Waals surface area contributed by atoms with Gasteiger partial charge in [-0.05, 0) is 49.8 Å². The summed E-state index contributed by atoms with van der Waals surface area (Å²) in [6.07, 6.45) is 7.03. The Bertz CT molecular complexity index is 878. The Morgan fingerprint density at radius 2 is 1.70 bits per heavy atom. The van der Waals surface area contributed by atoms with E-state index in [9.17, 15) is 13.2 Å². The summed E-state index contributed by atoms with van der Waals surface area (Å²) in [7, 11) is -3.71. The van der Waals surface area contributed by atoms with Crippen molar-refractivity contribution in [2.75, 3.05) is 39.3 Å². The van der Waals surface area contributed by atoms with Gasteiger partial charge in [0, 0.05) is 50.9 Å². The standard InChI is InChI=1S/C22H32ClN3O3S/c1-17-5-4-10-26(16-17)30(28,29)21-15-18(8-9-20(21)23)22(27)25-13-11-24(12-14-25)19-6-2-3-7-19/h8-9,15,17,19H,2-7,10-14,16H2,1H3. The third-order valence-electron chi connectivity index (χ3n) is 6.86. The second-order valence-corrected chi connectivity index (χ2v) is 11.3. The zero-order chi connectivity index (χ0) is 21.3. The molecule has 0 aromatic heterocycles. The number of piperidine rings is 1. The fraction of sp³-hybridized carbons (Fsp3) is 0.682. The smallest absolute Gasteiger partial charge is 0.253 e. The van der Waals surface area contributed by atoms with Crippen LogP contribution in [-0.4, -0.2) is 73.7 Å². The number of sulfonamides is 1. The number of rotatable bonds is 4. The zero-order valence-corrected chi connectivity index (χ0v) is 19.3. The molecular weight excluding hydrogens is 422 g/mol. The van der Waals surface area contributed by atoms with Crippen LogP contribution in [0.3, 0.4) is 0 Å². The Labute approximate surface area is 185 Å². The second-order valence-electron chi connectivity index (χ2n) is 9.02. The van der Waals surface area contributed by atoms with Gasteiger partial charge in [0.2, 0.25) is 10.0 Å². The number of halogens is 1. The third kappa shape index (κ3) is 4.54. The maximum absolute atomic E-state index is 13.2. The lowest BCUT2D eigenvalue weighted by Crippen LogP contribution is -2.51. The van der Waals surface area contributed by atoms with Crippen molar-refractivity contribution in [2.45, 2.75) is 56.4 Å². The maximum Gasteiger partial charge on any atom is 0.253 e. The lowest BCUT2D eigenvalue weighted by molar-refractivity contribution is 0.0573. The number of nitrogens with zero attached hydrogens (tertiary/aromatic N) is 3. The van der Waals surface area contributed by atoms with Crippen molar-refractivity contribution in [3.8, 4) is 0 Å². The largest absolute Gasteiger partial charge is 0.336 e. The fourth-order valence-electron chi connectivity index (χ4n) is 5.08. The molecule has 1 amide bonds. The molecule has 3 aliphatic rings. The lowest BCUT2D eigenvalue weighted by Gasteiger charge is -2.38. The number of hydrogen-bond donors (Lipinski definition) is 0. The van der Waals surface area contributed by atoms with Gasteiger partial charge in [-0.2, -0.15) is 4.31 Å². The van der Waals surface area contributed by atoms with Gasteiger partial charge >= 0.3 is 0 Å². The van der Waals surface area contributed by atoms with Crippen molar-refractivity contribution < 1.29 is 13.2 Å². The van der Waals surface area contributed by atoms with E-state index in [4.69, 9.17) is 11.6 Å². The molecule has 2 aliphatic heterocycles. The van der Waals surface area contributed by atoms with Crippen LogP contribution in [0.1, 0.15) is 55.8 Å². The molecule has 1 aliphatic carbocycles. The molecule has 2 heterocycles. The summed E-state index contributed by atoms with van der Waals surface area (Å²) in [5.41, 5.74) is 0.400. The van der Waals surface area contributed by atoms with Gasteiger partial charge in [0.05, 0.1) is 5.02 Å². The van der Waals surface area contributed by atoms with Gasteiger partial charge in [-0.15, -0.1) is 0 Å². The number of piperazine rings is 1. The summed E-state index contributed by atoms with van der Waals surface area (Å²) in [5, 5.41) is 0.177. The van der Waals surface area contributed by atoms with E-state index in [2.05, 4.69) is 11.8 Å². The van der Waals surface area contributed by atoms with E-state index in [0.717, 1.165) is 25.9 Å². The van der Waals surface area contributed by atoms with Gasteiger partial charge in [-0.1, -0.05) is 31.4 Å². The first kappa shape index (κ1) is 22.1.